The Morgan fingerprint density at radius 2 is 1.03 bits per heavy atom. The molecule has 0 spiro atoms. The topological polar surface area (TPSA) is 56.7 Å². The Kier molecular flexibility index (Phi) is 6.38. The molecule has 0 unspecified atom stereocenters. The van der Waals surface area contributed by atoms with Crippen LogP contribution in [0.3, 0.4) is 0 Å². The molecule has 5 heteroatoms. The highest BCUT2D eigenvalue weighted by molar-refractivity contribution is 6.39. The molecule has 0 aliphatic heterocycles. The van der Waals surface area contributed by atoms with Gasteiger partial charge in [-0.1, -0.05) is 140 Å². The van der Waals surface area contributed by atoms with E-state index in [1.54, 1.807) is 0 Å². The molecule has 3 aromatic heterocycles. The fourth-order valence-electron chi connectivity index (χ4n) is 9.37. The van der Waals surface area contributed by atoms with E-state index in [0.717, 1.165) is 49.7 Å². The van der Waals surface area contributed by atoms with Gasteiger partial charge in [0.1, 0.15) is 11.2 Å². The summed E-state index contributed by atoms with van der Waals surface area (Å²) in [5.41, 5.74) is 7.68. The van der Waals surface area contributed by atoms with Crippen LogP contribution in [0.5, 0.6) is 0 Å². The van der Waals surface area contributed by atoms with Crippen LogP contribution < -0.4 is 0 Å². The Bertz CT molecular complexity index is 3800. The quantitative estimate of drug-likeness (QED) is 0.169. The zero-order valence-electron chi connectivity index (χ0n) is 31.0. The molecule has 0 radical (unpaired) electrons. The third-order valence-electron chi connectivity index (χ3n) is 11.9. The molecule has 0 aliphatic carbocycles. The smallest absolute Gasteiger partial charge is 0.167 e. The summed E-state index contributed by atoms with van der Waals surface area (Å²) in [7, 11) is 0. The van der Waals surface area contributed by atoms with E-state index in [-0.39, 0.29) is 0 Å². The van der Waals surface area contributed by atoms with Gasteiger partial charge in [0.2, 0.25) is 0 Å². The lowest BCUT2D eigenvalue weighted by Crippen LogP contribution is -2.00. The maximum Gasteiger partial charge on any atom is 0.167 e. The molecule has 58 heavy (non-hydrogen) atoms. The first kappa shape index (κ1) is 31.3. The summed E-state index contributed by atoms with van der Waals surface area (Å²) in [4.78, 5) is 15.2. The number of fused-ring (bicyclic) bond motifs is 9. The number of nitrogens with zero attached hydrogens (tertiary/aromatic N) is 4. The standard InChI is InChI=1S/C53H30N4O/c1-2-13-32(14-3-1)51-54-52(35-25-24-31-12-4-5-15-33(31)28-35)56-53(55-51)42-22-10-21-41-43-30-36(26-27-46(43)58-50(41)42)57-44-23-11-20-40-38-18-8-9-19-39(38)47-37-17-7-6-16-34(37)29-45(57)49(47)48(40)44/h1-30H. The molecule has 3 heterocycles. The number of rotatable bonds is 4. The van der Waals surface area contributed by atoms with Crippen LogP contribution in [-0.2, 0) is 0 Å². The first-order valence-corrected chi connectivity index (χ1v) is 19.6. The van der Waals surface area contributed by atoms with Crippen LogP contribution in [0.2, 0.25) is 0 Å². The first-order chi connectivity index (χ1) is 28.7. The van der Waals surface area contributed by atoms with Crippen molar-refractivity contribution in [2.75, 3.05) is 0 Å². The van der Waals surface area contributed by atoms with Gasteiger partial charge in [-0.2, -0.15) is 0 Å². The summed E-state index contributed by atoms with van der Waals surface area (Å²) in [5, 5.41) is 14.6. The summed E-state index contributed by atoms with van der Waals surface area (Å²) in [6.07, 6.45) is 0. The molecule has 268 valence electrons. The van der Waals surface area contributed by atoms with Gasteiger partial charge in [-0.25, -0.2) is 15.0 Å². The predicted octanol–water partition coefficient (Wildman–Crippen LogP) is 13.9. The van der Waals surface area contributed by atoms with Crippen LogP contribution in [-0.4, -0.2) is 19.5 Å². The summed E-state index contributed by atoms with van der Waals surface area (Å²) >= 11 is 0. The highest BCUT2D eigenvalue weighted by Crippen LogP contribution is 2.47. The van der Waals surface area contributed by atoms with Gasteiger partial charge in [-0.15, -0.1) is 0 Å². The van der Waals surface area contributed by atoms with Gasteiger partial charge in [0.15, 0.2) is 17.5 Å². The van der Waals surface area contributed by atoms with Gasteiger partial charge in [-0.05, 0) is 80.2 Å². The van der Waals surface area contributed by atoms with Gasteiger partial charge in [0.05, 0.1) is 16.6 Å². The summed E-state index contributed by atoms with van der Waals surface area (Å²) in [6, 6.07) is 64.4. The number of furan rings is 1. The first-order valence-electron chi connectivity index (χ1n) is 19.6. The zero-order chi connectivity index (χ0) is 37.9. The van der Waals surface area contributed by atoms with E-state index < -0.39 is 0 Å². The average molecular weight is 739 g/mol. The second-order valence-corrected chi connectivity index (χ2v) is 15.1. The summed E-state index contributed by atoms with van der Waals surface area (Å²) < 4.78 is 9.21. The number of hydrogen-bond acceptors (Lipinski definition) is 4. The molecule has 0 atom stereocenters. The van der Waals surface area contributed by atoms with Crippen LogP contribution in [0.4, 0.5) is 0 Å². The molecule has 13 rings (SSSR count). The van der Waals surface area contributed by atoms with E-state index in [2.05, 4.69) is 150 Å². The van der Waals surface area contributed by atoms with E-state index in [0.29, 0.717) is 17.5 Å². The van der Waals surface area contributed by atoms with Crippen molar-refractivity contribution in [1.29, 1.82) is 0 Å². The molecule has 13 aromatic rings. The van der Waals surface area contributed by atoms with Gasteiger partial charge >= 0.3 is 0 Å². The van der Waals surface area contributed by atoms with E-state index >= 15 is 0 Å². The van der Waals surface area contributed by atoms with Gasteiger partial charge in [0.25, 0.3) is 0 Å². The third kappa shape index (κ3) is 4.44. The molecular weight excluding hydrogens is 709 g/mol. The minimum absolute atomic E-state index is 0.564. The third-order valence-corrected chi connectivity index (χ3v) is 11.9. The van der Waals surface area contributed by atoms with Crippen molar-refractivity contribution in [3.8, 4) is 39.9 Å². The lowest BCUT2D eigenvalue weighted by atomic mass is 9.91. The summed E-state index contributed by atoms with van der Waals surface area (Å²) in [5.74, 6) is 1.79. The Morgan fingerprint density at radius 3 is 1.91 bits per heavy atom. The van der Waals surface area contributed by atoms with Crippen molar-refractivity contribution in [2.24, 2.45) is 0 Å². The minimum atomic E-state index is 0.564. The molecule has 0 N–H and O–H groups in total. The highest BCUT2D eigenvalue weighted by atomic mass is 16.3. The molecular formula is C53H30N4O. The van der Waals surface area contributed by atoms with E-state index in [9.17, 15) is 0 Å². The lowest BCUT2D eigenvalue weighted by Gasteiger charge is -2.11. The number of benzene rings is 10. The lowest BCUT2D eigenvalue weighted by molar-refractivity contribution is 0.669. The van der Waals surface area contributed by atoms with E-state index in [4.69, 9.17) is 19.4 Å². The second kappa shape index (κ2) is 11.8. The molecule has 0 saturated heterocycles. The average Bonchev–Trinajstić information content (AvgIpc) is 3.83. The van der Waals surface area contributed by atoms with Crippen molar-refractivity contribution < 1.29 is 4.42 Å². The minimum Gasteiger partial charge on any atom is -0.455 e. The molecule has 0 saturated carbocycles. The SMILES string of the molecule is c1ccc(-c2nc(-c3ccc4ccccc4c3)nc(-c3cccc4c3oc3ccc(-n5c6cccc7c8ccccc8c8c9ccccc9cc5c8c76)cc34)n2)cc1. The van der Waals surface area contributed by atoms with Crippen LogP contribution in [0.15, 0.2) is 186 Å². The molecule has 0 amide bonds. The molecule has 0 bridgehead atoms. The van der Waals surface area contributed by atoms with Crippen molar-refractivity contribution in [2.45, 2.75) is 0 Å². The molecule has 0 aliphatic rings. The highest BCUT2D eigenvalue weighted by Gasteiger charge is 2.23. The maximum atomic E-state index is 6.77. The Morgan fingerprint density at radius 1 is 0.362 bits per heavy atom. The van der Waals surface area contributed by atoms with Crippen molar-refractivity contribution in [1.82, 2.24) is 19.5 Å². The van der Waals surface area contributed by atoms with E-state index in [1.807, 2.05) is 36.4 Å². The fraction of sp³-hybridized carbons (Fsp3) is 0. The van der Waals surface area contributed by atoms with Crippen LogP contribution in [0.1, 0.15) is 0 Å². The molecule has 5 nitrogen and oxygen atoms in total. The largest absolute Gasteiger partial charge is 0.455 e. The number of aromatic nitrogens is 4. The monoisotopic (exact) mass is 738 g/mol. The normalized spacial score (nSPS) is 12.1. The Labute approximate surface area is 331 Å². The zero-order valence-corrected chi connectivity index (χ0v) is 31.0. The summed E-state index contributed by atoms with van der Waals surface area (Å²) in [6.45, 7) is 0. The van der Waals surface area contributed by atoms with Crippen molar-refractivity contribution >= 4 is 86.8 Å². The number of hydrogen-bond donors (Lipinski definition) is 0. The van der Waals surface area contributed by atoms with Gasteiger partial charge in [0, 0.05) is 43.7 Å². The van der Waals surface area contributed by atoms with E-state index in [1.165, 1.54) is 59.5 Å². The molecule has 0 fully saturated rings. The van der Waals surface area contributed by atoms with Gasteiger partial charge < -0.3 is 8.98 Å². The van der Waals surface area contributed by atoms with Gasteiger partial charge in [-0.3, -0.25) is 0 Å². The Hall–Kier alpha value is -7.89. The maximum absolute atomic E-state index is 6.77. The van der Waals surface area contributed by atoms with Crippen molar-refractivity contribution in [3.05, 3.63) is 182 Å². The van der Waals surface area contributed by atoms with Crippen LogP contribution >= 0.6 is 0 Å². The fourth-order valence-corrected chi connectivity index (χ4v) is 9.37. The number of para-hydroxylation sites is 1. The predicted molar refractivity (Wildman–Crippen MR) is 239 cm³/mol. The molecule has 10 aromatic carbocycles. The van der Waals surface area contributed by atoms with Crippen LogP contribution in [0, 0.1) is 0 Å². The Balaban J connectivity index is 1.04. The van der Waals surface area contributed by atoms with Crippen LogP contribution in [0.25, 0.3) is 127 Å². The second-order valence-electron chi connectivity index (χ2n) is 15.1. The van der Waals surface area contributed by atoms with Crippen molar-refractivity contribution in [3.63, 3.8) is 0 Å².